The van der Waals surface area contributed by atoms with Crippen LogP contribution in [0, 0.1) is 12.7 Å². The zero-order chi connectivity index (χ0) is 22.5. The molecule has 0 unspecified atom stereocenters. The van der Waals surface area contributed by atoms with Crippen LogP contribution in [0.25, 0.3) is 5.69 Å². The Morgan fingerprint density at radius 1 is 1.06 bits per heavy atom. The lowest BCUT2D eigenvalue weighted by Gasteiger charge is -2.11. The van der Waals surface area contributed by atoms with Gasteiger partial charge in [-0.25, -0.2) is 4.39 Å². The molecule has 162 valence electrons. The third-order valence-electron chi connectivity index (χ3n) is 4.80. The molecule has 1 N–H and O–H groups in total. The van der Waals surface area contributed by atoms with E-state index in [9.17, 15) is 9.18 Å². The van der Waals surface area contributed by atoms with Crippen LogP contribution in [-0.2, 0) is 11.2 Å². The summed E-state index contributed by atoms with van der Waals surface area (Å²) in [4.78, 5) is 12.6. The second-order valence-electron chi connectivity index (χ2n) is 7.17. The number of hydrogen-bond donors (Lipinski definition) is 1. The Morgan fingerprint density at radius 3 is 2.56 bits per heavy atom. The smallest absolute Gasteiger partial charge is 0.234 e. The van der Waals surface area contributed by atoms with E-state index in [2.05, 4.69) is 15.5 Å². The molecule has 8 heteroatoms. The molecule has 0 saturated heterocycles. The van der Waals surface area contributed by atoms with E-state index in [-0.39, 0.29) is 17.5 Å². The quantitative estimate of drug-likeness (QED) is 0.355. The van der Waals surface area contributed by atoms with Gasteiger partial charge in [0.1, 0.15) is 11.6 Å². The monoisotopic (exact) mass is 466 g/mol. The first-order valence-electron chi connectivity index (χ1n) is 9.92. The van der Waals surface area contributed by atoms with Crippen molar-refractivity contribution in [2.75, 3.05) is 11.1 Å². The van der Waals surface area contributed by atoms with Crippen molar-refractivity contribution in [3.8, 4) is 5.69 Å². The van der Waals surface area contributed by atoms with Crippen LogP contribution in [0.4, 0.5) is 10.1 Å². The van der Waals surface area contributed by atoms with Gasteiger partial charge in [0, 0.05) is 22.8 Å². The number of aryl methyl sites for hydroxylation is 1. The minimum Gasteiger partial charge on any atom is -0.325 e. The van der Waals surface area contributed by atoms with Gasteiger partial charge in [0.15, 0.2) is 5.16 Å². The van der Waals surface area contributed by atoms with E-state index < -0.39 is 0 Å². The van der Waals surface area contributed by atoms with E-state index in [1.54, 1.807) is 24.3 Å². The first-order chi connectivity index (χ1) is 15.5. The highest BCUT2D eigenvalue weighted by molar-refractivity contribution is 7.99. The molecule has 0 spiro atoms. The maximum Gasteiger partial charge on any atom is 0.234 e. The predicted octanol–water partition coefficient (Wildman–Crippen LogP) is 5.69. The molecule has 0 bridgehead atoms. The third kappa shape index (κ3) is 5.36. The molecule has 0 radical (unpaired) electrons. The van der Waals surface area contributed by atoms with Crippen LogP contribution in [0.5, 0.6) is 0 Å². The van der Waals surface area contributed by atoms with E-state index in [4.69, 9.17) is 11.6 Å². The number of aromatic nitrogens is 3. The molecule has 1 aromatic heterocycles. The Bertz CT molecular complexity index is 1230. The average Bonchev–Trinajstić information content (AvgIpc) is 3.18. The van der Waals surface area contributed by atoms with E-state index in [0.29, 0.717) is 28.1 Å². The summed E-state index contributed by atoms with van der Waals surface area (Å²) in [5.41, 5.74) is 3.41. The van der Waals surface area contributed by atoms with Crippen LogP contribution in [-0.4, -0.2) is 26.4 Å². The molecule has 4 rings (SSSR count). The van der Waals surface area contributed by atoms with Gasteiger partial charge in [0.25, 0.3) is 0 Å². The molecule has 4 aromatic rings. The van der Waals surface area contributed by atoms with Crippen LogP contribution in [0.3, 0.4) is 0 Å². The fourth-order valence-electron chi connectivity index (χ4n) is 3.18. The number of carbonyl (C=O) groups excluding carboxylic acids is 1. The van der Waals surface area contributed by atoms with Crippen LogP contribution in [0.1, 0.15) is 17.0 Å². The molecule has 0 aliphatic heterocycles. The van der Waals surface area contributed by atoms with Gasteiger partial charge in [0.2, 0.25) is 5.91 Å². The number of hydrogen-bond acceptors (Lipinski definition) is 4. The van der Waals surface area contributed by atoms with E-state index in [1.165, 1.54) is 23.9 Å². The SMILES string of the molecule is Cc1ccc(Cl)cc1NC(=O)CSc1nnc(Cc2ccccc2)n1-c1ccc(F)cc1. The second kappa shape index (κ2) is 9.97. The number of nitrogens with zero attached hydrogens (tertiary/aromatic N) is 3. The fraction of sp³-hybridized carbons (Fsp3) is 0.125. The first-order valence-corrected chi connectivity index (χ1v) is 11.3. The van der Waals surface area contributed by atoms with Gasteiger partial charge < -0.3 is 5.32 Å². The molecule has 1 amide bonds. The summed E-state index contributed by atoms with van der Waals surface area (Å²) in [5, 5.41) is 12.6. The van der Waals surface area contributed by atoms with Crippen molar-refractivity contribution in [1.29, 1.82) is 0 Å². The minimum atomic E-state index is -0.322. The van der Waals surface area contributed by atoms with Crippen LogP contribution in [0.15, 0.2) is 78.0 Å². The number of anilines is 1. The van der Waals surface area contributed by atoms with Gasteiger partial charge in [-0.3, -0.25) is 9.36 Å². The Kier molecular flexibility index (Phi) is 6.87. The summed E-state index contributed by atoms with van der Waals surface area (Å²) in [6.07, 6.45) is 0.555. The molecule has 3 aromatic carbocycles. The highest BCUT2D eigenvalue weighted by Crippen LogP contribution is 2.25. The maximum atomic E-state index is 13.5. The molecule has 0 fully saturated rings. The van der Waals surface area contributed by atoms with Gasteiger partial charge in [-0.2, -0.15) is 0 Å². The van der Waals surface area contributed by atoms with Crippen LogP contribution >= 0.6 is 23.4 Å². The summed E-state index contributed by atoms with van der Waals surface area (Å²) >= 11 is 7.30. The maximum absolute atomic E-state index is 13.5. The van der Waals surface area contributed by atoms with Crippen molar-refractivity contribution in [1.82, 2.24) is 14.8 Å². The standard InChI is InChI=1S/C24H20ClFN4OS/c1-16-7-8-18(25)14-21(16)27-23(31)15-32-24-29-28-22(13-17-5-3-2-4-6-17)30(24)20-11-9-19(26)10-12-20/h2-12,14H,13,15H2,1H3,(H,27,31). The largest absolute Gasteiger partial charge is 0.325 e. The molecule has 0 aliphatic rings. The highest BCUT2D eigenvalue weighted by atomic mass is 35.5. The number of nitrogens with one attached hydrogen (secondary N) is 1. The van der Waals surface area contributed by atoms with E-state index in [1.807, 2.05) is 47.9 Å². The van der Waals surface area contributed by atoms with Gasteiger partial charge in [-0.15, -0.1) is 10.2 Å². The highest BCUT2D eigenvalue weighted by Gasteiger charge is 2.17. The van der Waals surface area contributed by atoms with Gasteiger partial charge in [-0.05, 0) is 54.4 Å². The lowest BCUT2D eigenvalue weighted by Crippen LogP contribution is -2.15. The van der Waals surface area contributed by atoms with E-state index in [0.717, 1.165) is 16.8 Å². The van der Waals surface area contributed by atoms with Crippen LogP contribution < -0.4 is 5.32 Å². The van der Waals surface area contributed by atoms with Gasteiger partial charge in [-0.1, -0.05) is 59.8 Å². The van der Waals surface area contributed by atoms with E-state index >= 15 is 0 Å². The summed E-state index contributed by atoms with van der Waals surface area (Å²) in [6, 6.07) is 21.4. The third-order valence-corrected chi connectivity index (χ3v) is 5.96. The predicted molar refractivity (Wildman–Crippen MR) is 126 cm³/mol. The number of thioether (sulfide) groups is 1. The van der Waals surface area contributed by atoms with Gasteiger partial charge in [0.05, 0.1) is 5.75 Å². The minimum absolute atomic E-state index is 0.136. The summed E-state index contributed by atoms with van der Waals surface area (Å²) in [7, 11) is 0. The topological polar surface area (TPSA) is 59.8 Å². The molecular formula is C24H20ClFN4OS. The normalized spacial score (nSPS) is 10.8. The zero-order valence-electron chi connectivity index (χ0n) is 17.3. The Labute approximate surface area is 194 Å². The van der Waals surface area contributed by atoms with Crippen molar-refractivity contribution in [3.63, 3.8) is 0 Å². The van der Waals surface area contributed by atoms with Gasteiger partial charge >= 0.3 is 0 Å². The van der Waals surface area contributed by atoms with Crippen molar-refractivity contribution in [2.45, 2.75) is 18.5 Å². The summed E-state index contributed by atoms with van der Waals surface area (Å²) in [5.74, 6) is 0.336. The first kappa shape index (κ1) is 22.0. The lowest BCUT2D eigenvalue weighted by atomic mass is 10.1. The van der Waals surface area contributed by atoms with Crippen molar-refractivity contribution in [2.24, 2.45) is 0 Å². The Morgan fingerprint density at radius 2 is 1.81 bits per heavy atom. The number of benzene rings is 3. The summed E-state index contributed by atoms with van der Waals surface area (Å²) < 4.78 is 15.3. The number of halogens is 2. The lowest BCUT2D eigenvalue weighted by molar-refractivity contribution is -0.113. The number of carbonyl (C=O) groups is 1. The Balaban J connectivity index is 1.55. The molecule has 5 nitrogen and oxygen atoms in total. The molecule has 0 saturated carbocycles. The molecule has 32 heavy (non-hydrogen) atoms. The second-order valence-corrected chi connectivity index (χ2v) is 8.55. The number of amides is 1. The molecule has 0 aliphatic carbocycles. The molecule has 0 atom stereocenters. The average molecular weight is 467 g/mol. The zero-order valence-corrected chi connectivity index (χ0v) is 18.8. The van der Waals surface area contributed by atoms with Crippen molar-refractivity contribution >= 4 is 35.0 Å². The molecule has 1 heterocycles. The summed E-state index contributed by atoms with van der Waals surface area (Å²) in [6.45, 7) is 1.90. The fourth-order valence-corrected chi connectivity index (χ4v) is 4.12. The number of rotatable bonds is 7. The molecular weight excluding hydrogens is 447 g/mol. The van der Waals surface area contributed by atoms with Crippen molar-refractivity contribution < 1.29 is 9.18 Å². The van der Waals surface area contributed by atoms with Crippen molar-refractivity contribution in [3.05, 3.63) is 101 Å². The van der Waals surface area contributed by atoms with Crippen LogP contribution in [0.2, 0.25) is 5.02 Å². The Hall–Kier alpha value is -3.16.